The molecule has 1 aliphatic rings. The Hall–Kier alpha value is -1.61. The van der Waals surface area contributed by atoms with Gasteiger partial charge in [0.15, 0.2) is 5.78 Å². The molecule has 2 aromatic rings. The Balaban J connectivity index is 2.43. The third-order valence-electron chi connectivity index (χ3n) is 3.48. The Bertz CT molecular complexity index is 596. The third kappa shape index (κ3) is 1.42. The Kier molecular flexibility index (Phi) is 2.30. The van der Waals surface area contributed by atoms with Gasteiger partial charge in [-0.2, -0.15) is 0 Å². The number of hydrogen-bond donors (Lipinski definition) is 1. The van der Waals surface area contributed by atoms with E-state index in [2.05, 4.69) is 0 Å². The summed E-state index contributed by atoms with van der Waals surface area (Å²) < 4.78 is 1.77. The van der Waals surface area contributed by atoms with Crippen LogP contribution < -0.4 is 0 Å². The summed E-state index contributed by atoms with van der Waals surface area (Å²) in [6.07, 6.45) is 1.78. The van der Waals surface area contributed by atoms with Gasteiger partial charge >= 0.3 is 0 Å². The van der Waals surface area contributed by atoms with Crippen LogP contribution in [0.2, 0.25) is 0 Å². The van der Waals surface area contributed by atoms with Gasteiger partial charge in [-0.15, -0.1) is 0 Å². The fraction of sp³-hybridized carbons (Fsp3) is 0.357. The first-order chi connectivity index (χ1) is 8.20. The maximum absolute atomic E-state index is 12.0. The minimum absolute atomic E-state index is 0.156. The average Bonchev–Trinajstić information content (AvgIpc) is 2.65. The molecule has 0 bridgehead atoms. The van der Waals surface area contributed by atoms with Crippen molar-refractivity contribution < 1.29 is 9.90 Å². The molecule has 1 heterocycles. The molecule has 0 spiro atoms. The second-order valence-electron chi connectivity index (χ2n) is 4.62. The van der Waals surface area contributed by atoms with Crippen molar-refractivity contribution in [3.63, 3.8) is 0 Å². The van der Waals surface area contributed by atoms with Crippen LogP contribution in [0.5, 0.6) is 0 Å². The predicted octanol–water partition coefficient (Wildman–Crippen LogP) is 2.67. The molecule has 1 atom stereocenters. The summed E-state index contributed by atoms with van der Waals surface area (Å²) in [5.41, 5.74) is 2.79. The first-order valence-electron chi connectivity index (χ1n) is 6.03. The summed E-state index contributed by atoms with van der Waals surface area (Å²) in [5.74, 6) is 0.156. The SMILES string of the molecule is CC(O)n1c2c(c3ccccc31)CCCC2=O. The number of aryl methyl sites for hydroxylation is 1. The van der Waals surface area contributed by atoms with Crippen LogP contribution in [0.25, 0.3) is 10.9 Å². The van der Waals surface area contributed by atoms with Crippen LogP contribution in [0.3, 0.4) is 0 Å². The van der Waals surface area contributed by atoms with Crippen LogP contribution in [0.15, 0.2) is 24.3 Å². The van der Waals surface area contributed by atoms with E-state index in [1.165, 1.54) is 0 Å². The maximum atomic E-state index is 12.0. The molecule has 1 unspecified atom stereocenters. The van der Waals surface area contributed by atoms with Crippen molar-refractivity contribution in [2.24, 2.45) is 0 Å². The molecule has 0 saturated heterocycles. The second-order valence-corrected chi connectivity index (χ2v) is 4.62. The number of carbonyl (C=O) groups is 1. The zero-order valence-corrected chi connectivity index (χ0v) is 9.81. The maximum Gasteiger partial charge on any atom is 0.179 e. The van der Waals surface area contributed by atoms with Gasteiger partial charge in [0.1, 0.15) is 6.23 Å². The van der Waals surface area contributed by atoms with Crippen LogP contribution >= 0.6 is 0 Å². The van der Waals surface area contributed by atoms with E-state index in [4.69, 9.17) is 0 Å². The Labute approximate surface area is 99.7 Å². The first kappa shape index (κ1) is 10.5. The molecule has 17 heavy (non-hydrogen) atoms. The van der Waals surface area contributed by atoms with Crippen LogP contribution in [0, 0.1) is 0 Å². The number of aromatic nitrogens is 1. The highest BCUT2D eigenvalue weighted by atomic mass is 16.3. The molecular weight excluding hydrogens is 214 g/mol. The van der Waals surface area contributed by atoms with Crippen molar-refractivity contribution in [2.75, 3.05) is 0 Å². The minimum Gasteiger partial charge on any atom is -0.374 e. The van der Waals surface area contributed by atoms with E-state index < -0.39 is 6.23 Å². The molecule has 0 aliphatic heterocycles. The first-order valence-corrected chi connectivity index (χ1v) is 6.03. The van der Waals surface area contributed by atoms with Gasteiger partial charge in [0.2, 0.25) is 0 Å². The highest BCUT2D eigenvalue weighted by Crippen LogP contribution is 2.33. The number of fused-ring (bicyclic) bond motifs is 3. The monoisotopic (exact) mass is 229 g/mol. The van der Waals surface area contributed by atoms with Gasteiger partial charge in [-0.1, -0.05) is 18.2 Å². The summed E-state index contributed by atoms with van der Waals surface area (Å²) in [5, 5.41) is 11.0. The topological polar surface area (TPSA) is 42.2 Å². The molecule has 1 aromatic heterocycles. The van der Waals surface area contributed by atoms with E-state index in [0.717, 1.165) is 29.3 Å². The van der Waals surface area contributed by atoms with E-state index >= 15 is 0 Å². The number of Topliss-reactive ketones (excluding diaryl/α,β-unsaturated/α-hetero) is 1. The molecule has 3 rings (SSSR count). The normalized spacial score (nSPS) is 17.2. The molecule has 0 amide bonds. The number of benzene rings is 1. The molecular formula is C14H15NO2. The largest absolute Gasteiger partial charge is 0.374 e. The van der Waals surface area contributed by atoms with E-state index in [1.807, 2.05) is 24.3 Å². The number of aliphatic hydroxyl groups excluding tert-OH is 1. The van der Waals surface area contributed by atoms with Crippen molar-refractivity contribution >= 4 is 16.7 Å². The molecule has 3 heteroatoms. The number of nitrogens with zero attached hydrogens (tertiary/aromatic N) is 1. The van der Waals surface area contributed by atoms with Crippen LogP contribution in [0.4, 0.5) is 0 Å². The van der Waals surface area contributed by atoms with E-state index in [9.17, 15) is 9.90 Å². The Morgan fingerprint density at radius 1 is 1.29 bits per heavy atom. The summed E-state index contributed by atoms with van der Waals surface area (Å²) in [6, 6.07) is 7.92. The third-order valence-corrected chi connectivity index (χ3v) is 3.48. The molecule has 1 N–H and O–H groups in total. The summed E-state index contributed by atoms with van der Waals surface area (Å²) in [6.45, 7) is 1.70. The molecule has 1 aromatic carbocycles. The van der Waals surface area contributed by atoms with Crippen LogP contribution in [-0.2, 0) is 6.42 Å². The van der Waals surface area contributed by atoms with Gasteiger partial charge in [-0.05, 0) is 31.4 Å². The lowest BCUT2D eigenvalue weighted by Crippen LogP contribution is -2.17. The van der Waals surface area contributed by atoms with Gasteiger partial charge in [0.25, 0.3) is 0 Å². The van der Waals surface area contributed by atoms with E-state index in [0.29, 0.717) is 12.1 Å². The Morgan fingerprint density at radius 2 is 2.06 bits per heavy atom. The van der Waals surface area contributed by atoms with Gasteiger partial charge in [0, 0.05) is 11.8 Å². The molecule has 0 fully saturated rings. The smallest absolute Gasteiger partial charge is 0.179 e. The van der Waals surface area contributed by atoms with Gasteiger partial charge in [-0.25, -0.2) is 0 Å². The summed E-state index contributed by atoms with van der Waals surface area (Å²) >= 11 is 0. The van der Waals surface area contributed by atoms with Crippen molar-refractivity contribution in [2.45, 2.75) is 32.4 Å². The molecule has 88 valence electrons. The lowest BCUT2D eigenvalue weighted by atomic mass is 9.94. The molecule has 1 aliphatic carbocycles. The van der Waals surface area contributed by atoms with Gasteiger partial charge < -0.3 is 9.67 Å². The van der Waals surface area contributed by atoms with Gasteiger partial charge in [0.05, 0.1) is 11.2 Å². The van der Waals surface area contributed by atoms with Crippen molar-refractivity contribution in [3.8, 4) is 0 Å². The summed E-state index contributed by atoms with van der Waals surface area (Å²) in [7, 11) is 0. The minimum atomic E-state index is -0.661. The molecule has 0 saturated carbocycles. The number of carbonyl (C=O) groups excluding carboxylic acids is 1. The fourth-order valence-corrected chi connectivity index (χ4v) is 2.82. The fourth-order valence-electron chi connectivity index (χ4n) is 2.82. The van der Waals surface area contributed by atoms with Crippen molar-refractivity contribution in [3.05, 3.63) is 35.5 Å². The number of aliphatic hydroxyl groups is 1. The standard InChI is InChI=1S/C14H15NO2/c1-9(16)15-12-7-3-2-5-10(12)11-6-4-8-13(17)14(11)15/h2-3,5,7,9,16H,4,6,8H2,1H3. The summed E-state index contributed by atoms with van der Waals surface area (Å²) in [4.78, 5) is 12.0. The number of ketones is 1. The van der Waals surface area contributed by atoms with Crippen LogP contribution in [0.1, 0.15) is 42.0 Å². The number of hydrogen-bond acceptors (Lipinski definition) is 2. The quantitative estimate of drug-likeness (QED) is 0.816. The molecule has 3 nitrogen and oxygen atoms in total. The number of para-hydroxylation sites is 1. The Morgan fingerprint density at radius 3 is 2.82 bits per heavy atom. The molecule has 0 radical (unpaired) electrons. The highest BCUT2D eigenvalue weighted by molar-refractivity contribution is 6.04. The van der Waals surface area contributed by atoms with Gasteiger partial charge in [-0.3, -0.25) is 4.79 Å². The zero-order chi connectivity index (χ0) is 12.0. The predicted molar refractivity (Wildman–Crippen MR) is 66.1 cm³/mol. The zero-order valence-electron chi connectivity index (χ0n) is 9.81. The van der Waals surface area contributed by atoms with E-state index in [-0.39, 0.29) is 5.78 Å². The average molecular weight is 229 g/mol. The van der Waals surface area contributed by atoms with Crippen molar-refractivity contribution in [1.29, 1.82) is 0 Å². The lowest BCUT2D eigenvalue weighted by molar-refractivity contribution is 0.0913. The second kappa shape index (κ2) is 3.70. The van der Waals surface area contributed by atoms with Crippen molar-refractivity contribution in [1.82, 2.24) is 4.57 Å². The highest BCUT2D eigenvalue weighted by Gasteiger charge is 2.26. The lowest BCUT2D eigenvalue weighted by Gasteiger charge is -2.16. The van der Waals surface area contributed by atoms with Crippen LogP contribution in [-0.4, -0.2) is 15.5 Å². The number of rotatable bonds is 1. The van der Waals surface area contributed by atoms with E-state index in [1.54, 1.807) is 11.5 Å².